The van der Waals surface area contributed by atoms with Crippen LogP contribution in [-0.4, -0.2) is 20.6 Å². The predicted molar refractivity (Wildman–Crippen MR) is 82.7 cm³/mol. The van der Waals surface area contributed by atoms with E-state index in [2.05, 4.69) is 15.3 Å². The van der Waals surface area contributed by atoms with Crippen molar-refractivity contribution in [2.75, 3.05) is 0 Å². The van der Waals surface area contributed by atoms with Crippen LogP contribution in [0.1, 0.15) is 79.5 Å². The predicted octanol–water partition coefficient (Wildman–Crippen LogP) is 0.133. The quantitative estimate of drug-likeness (QED) is 0.289. The molecule has 8 heteroatoms. The van der Waals surface area contributed by atoms with E-state index < -0.39 is 22.6 Å². The molecule has 0 aliphatic heterocycles. The van der Waals surface area contributed by atoms with Crippen molar-refractivity contribution in [1.29, 1.82) is 0 Å². The molecule has 22 heavy (non-hydrogen) atoms. The second kappa shape index (κ2) is 14.9. The molecule has 128 valence electrons. The molecule has 6 nitrogen and oxygen atoms in total. The van der Waals surface area contributed by atoms with E-state index in [9.17, 15) is 13.2 Å². The molecular formula is C14H30NNaO5S. The van der Waals surface area contributed by atoms with Crippen molar-refractivity contribution < 1.29 is 52.6 Å². The molecule has 0 rings (SSSR count). The Morgan fingerprint density at radius 3 is 1.95 bits per heavy atom. The largest absolute Gasteiger partial charge is 1.00 e. The van der Waals surface area contributed by atoms with E-state index in [1.807, 2.05) is 0 Å². The Labute approximate surface area is 158 Å². The van der Waals surface area contributed by atoms with Gasteiger partial charge in [0.15, 0.2) is 0 Å². The van der Waals surface area contributed by atoms with Gasteiger partial charge in [-0.25, -0.2) is 4.18 Å². The van der Waals surface area contributed by atoms with Gasteiger partial charge in [0.25, 0.3) is 0 Å². The minimum atomic E-state index is -4.31. The molecule has 0 aromatic rings. The van der Waals surface area contributed by atoms with Gasteiger partial charge < -0.3 is 11.3 Å². The fraction of sp³-hybridized carbons (Fsp3) is 0.929. The number of hydrogen-bond donors (Lipinski definition) is 1. The van der Waals surface area contributed by atoms with Crippen LogP contribution < -0.4 is 35.3 Å². The molecule has 1 atom stereocenters. The Morgan fingerprint density at radius 2 is 1.50 bits per heavy atom. The fourth-order valence-corrected chi connectivity index (χ4v) is 2.66. The van der Waals surface area contributed by atoms with Crippen molar-refractivity contribution in [1.82, 2.24) is 0 Å². The number of hydrogen-bond acceptors (Lipinski definition) is 6. The number of carbonyl (C=O) groups is 1. The molecule has 0 fully saturated rings. The van der Waals surface area contributed by atoms with Gasteiger partial charge in [-0.15, -0.1) is 0 Å². The zero-order chi connectivity index (χ0) is 16.1. The van der Waals surface area contributed by atoms with Gasteiger partial charge in [0, 0.05) is 6.42 Å². The maximum Gasteiger partial charge on any atom is 1.00 e. The summed E-state index contributed by atoms with van der Waals surface area (Å²) < 4.78 is 30.9. The average Bonchev–Trinajstić information content (AvgIpc) is 2.34. The first-order chi connectivity index (χ1) is 9.87. The van der Waals surface area contributed by atoms with Crippen molar-refractivity contribution in [2.24, 2.45) is 5.73 Å². The van der Waals surface area contributed by atoms with Gasteiger partial charge in [0.2, 0.25) is 0 Å². The second-order valence-electron chi connectivity index (χ2n) is 5.24. The number of carbonyl (C=O) groups excluding carboxylic acids is 1. The normalized spacial score (nSPS) is 12.5. The van der Waals surface area contributed by atoms with Crippen LogP contribution in [-0.2, 0) is 23.6 Å². The van der Waals surface area contributed by atoms with Crippen LogP contribution in [0.2, 0.25) is 0 Å². The molecule has 0 aromatic heterocycles. The number of nitrogens with two attached hydrogens (primary N) is 1. The van der Waals surface area contributed by atoms with E-state index in [1.165, 1.54) is 39.0 Å². The maximum atomic E-state index is 11.3. The van der Waals surface area contributed by atoms with Crippen LogP contribution in [0.3, 0.4) is 0 Å². The van der Waals surface area contributed by atoms with Crippen LogP contribution in [0.4, 0.5) is 0 Å². The summed E-state index contributed by atoms with van der Waals surface area (Å²) >= 11 is 0. The first-order valence-electron chi connectivity index (χ1n) is 7.78. The molecule has 0 spiro atoms. The van der Waals surface area contributed by atoms with Gasteiger partial charge in [0.1, 0.15) is 6.23 Å². The fourth-order valence-electron chi connectivity index (χ4n) is 1.94. The van der Waals surface area contributed by atoms with Gasteiger partial charge in [-0.05, 0) is 13.3 Å². The van der Waals surface area contributed by atoms with Crippen molar-refractivity contribution in [3.05, 3.63) is 0 Å². The molecule has 0 radical (unpaired) electrons. The summed E-state index contributed by atoms with van der Waals surface area (Å²) in [5.74, 6) is -0.793. The zero-order valence-corrected chi connectivity index (χ0v) is 17.0. The molecule has 1 unspecified atom stereocenters. The Hall–Kier alpha value is 0.340. The summed E-state index contributed by atoms with van der Waals surface area (Å²) in [6.07, 6.45) is 9.12. The maximum absolute atomic E-state index is 11.3. The Balaban J connectivity index is -0.00000200. The summed E-state index contributed by atoms with van der Waals surface area (Å²) in [6.45, 7) is 3.53. The topological polar surface area (TPSA) is 95.7 Å². The molecule has 0 heterocycles. The molecule has 0 bridgehead atoms. The third-order valence-electron chi connectivity index (χ3n) is 2.95. The van der Waals surface area contributed by atoms with E-state index >= 15 is 0 Å². The van der Waals surface area contributed by atoms with Crippen LogP contribution >= 0.6 is 0 Å². The summed E-state index contributed by atoms with van der Waals surface area (Å²) in [5.41, 5.74) is 5.16. The van der Waals surface area contributed by atoms with Gasteiger partial charge in [-0.3, -0.25) is 4.79 Å². The van der Waals surface area contributed by atoms with E-state index in [0.29, 0.717) is 6.42 Å². The number of unbranched alkanes of at least 4 members (excludes halogenated alkanes) is 8. The molecule has 0 saturated carbocycles. The molecule has 0 aliphatic rings. The zero-order valence-electron chi connectivity index (χ0n) is 15.2. The molecule has 2 N–H and O–H groups in total. The van der Waals surface area contributed by atoms with Gasteiger partial charge in [-0.1, -0.05) is 58.3 Å². The van der Waals surface area contributed by atoms with Crippen LogP contribution in [0.25, 0.3) is 0 Å². The average molecular weight is 347 g/mol. The van der Waals surface area contributed by atoms with E-state index in [0.717, 1.165) is 19.3 Å². The summed E-state index contributed by atoms with van der Waals surface area (Å²) in [6, 6.07) is 0. The molecular weight excluding hydrogens is 317 g/mol. The molecule has 0 saturated heterocycles. The first-order valence-corrected chi connectivity index (χ1v) is 9.12. The summed E-state index contributed by atoms with van der Waals surface area (Å²) in [5, 5.41) is 0. The van der Waals surface area contributed by atoms with Crippen LogP contribution in [0.15, 0.2) is 0 Å². The standard InChI is InChI=1S/C14H29NO5S.Na.H/c1-3-4-5-6-7-8-9-10-11-12-14(16)20-21(17,18)19-13(2)15;;/h13H,3-12,15H2,1-2H3;;/q;+1;-1. The van der Waals surface area contributed by atoms with E-state index in [4.69, 9.17) is 5.73 Å². The number of rotatable bonds is 13. The minimum absolute atomic E-state index is 0. The molecule has 0 amide bonds. The van der Waals surface area contributed by atoms with Crippen molar-refractivity contribution in [2.45, 2.75) is 84.3 Å². The third kappa shape index (κ3) is 16.7. The van der Waals surface area contributed by atoms with Gasteiger partial charge >= 0.3 is 45.9 Å². The smallest absolute Gasteiger partial charge is 1.00 e. The Kier molecular flexibility index (Phi) is 16.7. The van der Waals surface area contributed by atoms with Crippen molar-refractivity contribution >= 4 is 16.4 Å². The van der Waals surface area contributed by atoms with E-state index in [-0.39, 0.29) is 37.4 Å². The Morgan fingerprint density at radius 1 is 1.05 bits per heavy atom. The monoisotopic (exact) mass is 347 g/mol. The molecule has 0 aliphatic carbocycles. The van der Waals surface area contributed by atoms with Crippen LogP contribution in [0.5, 0.6) is 0 Å². The Bertz CT molecular complexity index is 379. The SMILES string of the molecule is CCCCCCCCCCCC(=O)OS(=O)(=O)OC(C)N.[H-].[Na+]. The van der Waals surface area contributed by atoms with Gasteiger partial charge in [-0.2, -0.15) is 8.42 Å². The first kappa shape index (κ1) is 24.6. The van der Waals surface area contributed by atoms with Crippen LogP contribution in [0, 0.1) is 0 Å². The molecule has 0 aromatic carbocycles. The minimum Gasteiger partial charge on any atom is -1.00 e. The second-order valence-corrected chi connectivity index (χ2v) is 6.42. The van der Waals surface area contributed by atoms with Crippen molar-refractivity contribution in [3.8, 4) is 0 Å². The summed E-state index contributed by atoms with van der Waals surface area (Å²) in [7, 11) is -4.31. The van der Waals surface area contributed by atoms with Gasteiger partial charge in [0.05, 0.1) is 0 Å². The van der Waals surface area contributed by atoms with E-state index in [1.54, 1.807) is 0 Å². The summed E-state index contributed by atoms with van der Waals surface area (Å²) in [4.78, 5) is 11.3. The third-order valence-corrected chi connectivity index (χ3v) is 3.88. The van der Waals surface area contributed by atoms with Crippen molar-refractivity contribution in [3.63, 3.8) is 0 Å².